The van der Waals surface area contributed by atoms with Gasteiger partial charge in [0.1, 0.15) is 18.0 Å². The van der Waals surface area contributed by atoms with Crippen molar-refractivity contribution in [3.63, 3.8) is 0 Å². The maximum atomic E-state index is 14.2. The van der Waals surface area contributed by atoms with E-state index >= 15 is 0 Å². The van der Waals surface area contributed by atoms with E-state index in [4.69, 9.17) is 0 Å². The molecule has 220 valence electrons. The molecule has 4 amide bonds. The van der Waals surface area contributed by atoms with Gasteiger partial charge in [-0.3, -0.25) is 9.59 Å². The highest BCUT2D eigenvalue weighted by Crippen LogP contribution is 2.30. The first-order valence-corrected chi connectivity index (χ1v) is 14.5. The maximum absolute atomic E-state index is 14.2. The van der Waals surface area contributed by atoms with E-state index in [-0.39, 0.29) is 49.1 Å². The quantitative estimate of drug-likeness (QED) is 0.357. The van der Waals surface area contributed by atoms with Crippen LogP contribution in [0, 0.1) is 0 Å². The summed E-state index contributed by atoms with van der Waals surface area (Å²) in [6.45, 7) is 2.39. The van der Waals surface area contributed by atoms with Gasteiger partial charge in [-0.05, 0) is 46.5 Å². The van der Waals surface area contributed by atoms with E-state index in [0.29, 0.717) is 6.54 Å². The SMILES string of the molecule is C[C@@H](NC(=O)N1C2CN(Cc3cccc4ccccc34)C(=O)[C@H](Cc3ccc(O)cc3)N2C(=O)CN1C)c1ccccc1. The Hall–Kier alpha value is -4.89. The van der Waals surface area contributed by atoms with Crippen LogP contribution < -0.4 is 5.32 Å². The van der Waals surface area contributed by atoms with Gasteiger partial charge in [0.2, 0.25) is 11.8 Å². The van der Waals surface area contributed by atoms with Gasteiger partial charge >= 0.3 is 6.03 Å². The number of amides is 4. The Labute approximate surface area is 250 Å². The van der Waals surface area contributed by atoms with Crippen molar-refractivity contribution in [2.45, 2.75) is 38.1 Å². The lowest BCUT2D eigenvalue weighted by molar-refractivity contribution is -0.187. The maximum Gasteiger partial charge on any atom is 0.334 e. The zero-order valence-electron chi connectivity index (χ0n) is 24.3. The fourth-order valence-electron chi connectivity index (χ4n) is 6.22. The molecule has 4 aromatic carbocycles. The molecule has 0 radical (unpaired) electrons. The fourth-order valence-corrected chi connectivity index (χ4v) is 6.22. The molecule has 1 unspecified atom stereocenters. The van der Waals surface area contributed by atoms with Crippen LogP contribution in [0.3, 0.4) is 0 Å². The molecule has 0 aromatic heterocycles. The number of nitrogens with zero attached hydrogens (tertiary/aromatic N) is 4. The summed E-state index contributed by atoms with van der Waals surface area (Å²) in [6.07, 6.45) is -0.448. The minimum atomic E-state index is -0.818. The standard InChI is InChI=1S/C34H35N5O4/c1-23(25-9-4-3-5-10-25)35-34(43)39-31-21-37(20-27-13-8-12-26-11-6-7-14-29(26)27)33(42)30(38(31)32(41)22-36(39)2)19-24-15-17-28(40)18-16-24/h3-18,23,30-31,40H,19-22H2,1-2H3,(H,35,43)/t23-,30+,31?/m1/s1. The summed E-state index contributed by atoms with van der Waals surface area (Å²) in [7, 11) is 1.72. The summed E-state index contributed by atoms with van der Waals surface area (Å²) in [4.78, 5) is 45.0. The molecule has 0 spiro atoms. The number of benzene rings is 4. The second kappa shape index (κ2) is 11.8. The van der Waals surface area contributed by atoms with Gasteiger partial charge in [-0.15, -0.1) is 0 Å². The second-order valence-electron chi connectivity index (χ2n) is 11.3. The second-order valence-corrected chi connectivity index (χ2v) is 11.3. The first kappa shape index (κ1) is 28.2. The van der Waals surface area contributed by atoms with Gasteiger partial charge in [0.25, 0.3) is 0 Å². The van der Waals surface area contributed by atoms with E-state index in [1.54, 1.807) is 51.1 Å². The number of phenolic OH excluding ortho intramolecular Hbond substituents is 1. The molecule has 2 aliphatic rings. The molecule has 6 rings (SSSR count). The molecule has 0 bridgehead atoms. The molecule has 3 atom stereocenters. The molecule has 9 nitrogen and oxygen atoms in total. The van der Waals surface area contributed by atoms with Crippen LogP contribution in [-0.2, 0) is 22.6 Å². The summed E-state index contributed by atoms with van der Waals surface area (Å²) < 4.78 is 0. The molecule has 2 aliphatic heterocycles. The molecular formula is C34H35N5O4. The van der Waals surface area contributed by atoms with E-state index in [2.05, 4.69) is 5.32 Å². The van der Waals surface area contributed by atoms with Crippen LogP contribution in [-0.4, -0.2) is 75.1 Å². The number of phenols is 1. The number of likely N-dealkylation sites (N-methyl/N-ethyl adjacent to an activating group) is 1. The van der Waals surface area contributed by atoms with Crippen LogP contribution in [0.25, 0.3) is 10.8 Å². The topological polar surface area (TPSA) is 96.4 Å². The van der Waals surface area contributed by atoms with Crippen molar-refractivity contribution in [2.75, 3.05) is 20.1 Å². The number of carbonyl (C=O) groups is 3. The van der Waals surface area contributed by atoms with Gasteiger partial charge in [0.05, 0.1) is 19.1 Å². The van der Waals surface area contributed by atoms with Gasteiger partial charge in [-0.1, -0.05) is 84.9 Å². The van der Waals surface area contributed by atoms with Crippen molar-refractivity contribution in [3.8, 4) is 5.75 Å². The number of carbonyl (C=O) groups excluding carboxylic acids is 3. The first-order chi connectivity index (χ1) is 20.8. The lowest BCUT2D eigenvalue weighted by atomic mass is 9.97. The van der Waals surface area contributed by atoms with Crippen molar-refractivity contribution < 1.29 is 19.5 Å². The van der Waals surface area contributed by atoms with Gasteiger partial charge in [0, 0.05) is 20.0 Å². The minimum absolute atomic E-state index is 0.0354. The van der Waals surface area contributed by atoms with Crippen LogP contribution in [0.15, 0.2) is 97.1 Å². The van der Waals surface area contributed by atoms with Crippen molar-refractivity contribution in [1.82, 2.24) is 25.1 Å². The number of rotatable bonds is 6. The van der Waals surface area contributed by atoms with Crippen LogP contribution in [0.1, 0.15) is 29.7 Å². The third-order valence-electron chi connectivity index (χ3n) is 8.39. The molecule has 4 aromatic rings. The van der Waals surface area contributed by atoms with Gasteiger partial charge in [-0.2, -0.15) is 0 Å². The average molecular weight is 578 g/mol. The van der Waals surface area contributed by atoms with E-state index in [1.165, 1.54) is 0 Å². The summed E-state index contributed by atoms with van der Waals surface area (Å²) in [6, 6.07) is 29.0. The van der Waals surface area contributed by atoms with Crippen LogP contribution >= 0.6 is 0 Å². The summed E-state index contributed by atoms with van der Waals surface area (Å²) >= 11 is 0. The van der Waals surface area contributed by atoms with Gasteiger partial charge in [0.15, 0.2) is 0 Å². The van der Waals surface area contributed by atoms with Crippen LogP contribution in [0.4, 0.5) is 4.79 Å². The zero-order chi connectivity index (χ0) is 30.1. The predicted molar refractivity (Wildman–Crippen MR) is 163 cm³/mol. The molecule has 2 saturated heterocycles. The van der Waals surface area contributed by atoms with E-state index in [1.807, 2.05) is 79.7 Å². The number of hydrogen-bond acceptors (Lipinski definition) is 5. The Morgan fingerprint density at radius 2 is 1.63 bits per heavy atom. The predicted octanol–water partition coefficient (Wildman–Crippen LogP) is 4.29. The summed E-state index contributed by atoms with van der Waals surface area (Å²) in [5.41, 5.74) is 2.76. The third kappa shape index (κ3) is 5.63. The average Bonchev–Trinajstić information content (AvgIpc) is 3.00. The number of fused-ring (bicyclic) bond motifs is 2. The smallest absolute Gasteiger partial charge is 0.334 e. The highest BCUT2D eigenvalue weighted by molar-refractivity contribution is 5.92. The Bertz CT molecular complexity index is 1640. The van der Waals surface area contributed by atoms with Crippen molar-refractivity contribution in [1.29, 1.82) is 0 Å². The number of urea groups is 1. The van der Waals surface area contributed by atoms with Crippen molar-refractivity contribution >= 4 is 28.6 Å². The number of piperazine rings is 1. The number of hydrazine groups is 1. The number of aromatic hydroxyl groups is 1. The molecule has 2 heterocycles. The summed E-state index contributed by atoms with van der Waals surface area (Å²) in [5.74, 6) is -0.261. The molecule has 0 aliphatic carbocycles. The fraction of sp³-hybridized carbons (Fsp3) is 0.265. The van der Waals surface area contributed by atoms with Gasteiger partial charge < -0.3 is 20.2 Å². The number of nitrogens with one attached hydrogen (secondary N) is 1. The lowest BCUT2D eigenvalue weighted by Gasteiger charge is -2.54. The first-order valence-electron chi connectivity index (χ1n) is 14.5. The normalized spacial score (nSPS) is 19.8. The van der Waals surface area contributed by atoms with Gasteiger partial charge in [-0.25, -0.2) is 14.8 Å². The highest BCUT2D eigenvalue weighted by atomic mass is 16.3. The molecular weight excluding hydrogens is 542 g/mol. The molecule has 0 saturated carbocycles. The van der Waals surface area contributed by atoms with E-state index in [0.717, 1.165) is 27.5 Å². The Balaban J connectivity index is 1.35. The minimum Gasteiger partial charge on any atom is -0.508 e. The Kier molecular flexibility index (Phi) is 7.73. The molecule has 43 heavy (non-hydrogen) atoms. The van der Waals surface area contributed by atoms with E-state index < -0.39 is 12.2 Å². The third-order valence-corrected chi connectivity index (χ3v) is 8.39. The molecule has 2 fully saturated rings. The Morgan fingerprint density at radius 3 is 2.40 bits per heavy atom. The van der Waals surface area contributed by atoms with Crippen LogP contribution in [0.2, 0.25) is 0 Å². The molecule has 9 heteroatoms. The summed E-state index contributed by atoms with van der Waals surface area (Å²) in [5, 5.41) is 18.3. The Morgan fingerprint density at radius 1 is 0.930 bits per heavy atom. The molecule has 2 N–H and O–H groups in total. The lowest BCUT2D eigenvalue weighted by Crippen LogP contribution is -2.76. The van der Waals surface area contributed by atoms with E-state index in [9.17, 15) is 19.5 Å². The van der Waals surface area contributed by atoms with Crippen LogP contribution in [0.5, 0.6) is 5.75 Å². The largest absolute Gasteiger partial charge is 0.508 e. The monoisotopic (exact) mass is 577 g/mol. The number of hydrogen-bond donors (Lipinski definition) is 2. The van der Waals surface area contributed by atoms with Crippen molar-refractivity contribution in [3.05, 3.63) is 114 Å². The zero-order valence-corrected chi connectivity index (χ0v) is 24.3. The highest BCUT2D eigenvalue weighted by Gasteiger charge is 2.50. The van der Waals surface area contributed by atoms with Crippen molar-refractivity contribution in [2.24, 2.45) is 0 Å².